The molecule has 0 spiro atoms. The third kappa shape index (κ3) is 15.6. The maximum Gasteiger partial charge on any atom is 0.407 e. The lowest BCUT2D eigenvalue weighted by molar-refractivity contribution is -0.137. The Morgan fingerprint density at radius 1 is 0.800 bits per heavy atom. The first-order chi connectivity index (χ1) is 23.8. The Kier molecular flexibility index (Phi) is 17.5. The first-order valence-corrected chi connectivity index (χ1v) is 16.5. The number of imide groups is 1. The highest BCUT2D eigenvalue weighted by molar-refractivity contribution is 6.12. The molecule has 0 fully saturated rings. The molecule has 0 saturated heterocycles. The normalized spacial score (nSPS) is 13.3. The van der Waals surface area contributed by atoms with Crippen LogP contribution in [0.15, 0.2) is 36.4 Å². The molecule has 0 saturated carbocycles. The van der Waals surface area contributed by atoms with Gasteiger partial charge in [-0.3, -0.25) is 33.7 Å². The van der Waals surface area contributed by atoms with Crippen molar-refractivity contribution in [2.75, 3.05) is 31.5 Å². The first-order valence-electron chi connectivity index (χ1n) is 16.5. The van der Waals surface area contributed by atoms with E-state index in [4.69, 9.17) is 10.5 Å². The molecular formula is C33H48N8O9. The molecule has 2 unspecified atom stereocenters. The standard InChI is InChI=1S/C33H48N8O9/c1-21(2)29(40-26(43)9-5-4-6-19-41-27(44)14-15-28(41)45)31(47)39-25(8-7-16-36-32(34)48)30(46)38-24-12-10-23(11-13-24)20-50-33(49)37-18-17-35-22(3)42/h10-15,21,25,29H,4-9,16-20H2,1-3H3,(H,35,42)(H,37,49)(H,38,46)(H,39,47)(H,40,43)(H3,34,36,48). The van der Waals surface area contributed by atoms with Crippen LogP contribution in [-0.2, 0) is 40.1 Å². The molecule has 0 aliphatic carbocycles. The Labute approximate surface area is 290 Å². The minimum absolute atomic E-state index is 0.0353. The number of carbonyl (C=O) groups excluding carboxylic acids is 8. The third-order valence-corrected chi connectivity index (χ3v) is 7.41. The van der Waals surface area contributed by atoms with Crippen molar-refractivity contribution in [1.29, 1.82) is 0 Å². The molecule has 17 nitrogen and oxygen atoms in total. The van der Waals surface area contributed by atoms with Gasteiger partial charge in [0.25, 0.3) is 11.8 Å². The summed E-state index contributed by atoms with van der Waals surface area (Å²) in [6.45, 7) is 5.76. The number of anilines is 1. The largest absolute Gasteiger partial charge is 0.445 e. The lowest BCUT2D eigenvalue weighted by Crippen LogP contribution is -2.54. The number of carbonyl (C=O) groups is 8. The van der Waals surface area contributed by atoms with Crippen molar-refractivity contribution in [2.45, 2.75) is 78.0 Å². The number of nitrogens with two attached hydrogens (primary N) is 1. The van der Waals surface area contributed by atoms with E-state index in [0.29, 0.717) is 36.9 Å². The molecule has 9 amide bonds. The minimum Gasteiger partial charge on any atom is -0.445 e. The number of benzene rings is 1. The number of ether oxygens (including phenoxy) is 1. The summed E-state index contributed by atoms with van der Waals surface area (Å²) in [6.07, 6.45) is 4.00. The Morgan fingerprint density at radius 3 is 2.08 bits per heavy atom. The number of rotatable bonds is 21. The number of primary amides is 1. The van der Waals surface area contributed by atoms with Crippen LogP contribution in [-0.4, -0.2) is 90.7 Å². The monoisotopic (exact) mass is 700 g/mol. The van der Waals surface area contributed by atoms with Gasteiger partial charge in [0.1, 0.15) is 18.7 Å². The van der Waals surface area contributed by atoms with Crippen LogP contribution in [0.5, 0.6) is 0 Å². The summed E-state index contributed by atoms with van der Waals surface area (Å²) in [5.41, 5.74) is 6.19. The predicted octanol–water partition coefficient (Wildman–Crippen LogP) is 0.547. The summed E-state index contributed by atoms with van der Waals surface area (Å²) in [6, 6.07) is 3.83. The van der Waals surface area contributed by atoms with Crippen LogP contribution < -0.4 is 37.6 Å². The van der Waals surface area contributed by atoms with Crippen LogP contribution >= 0.6 is 0 Å². The van der Waals surface area contributed by atoms with Gasteiger partial charge in [-0.05, 0) is 49.3 Å². The first kappa shape index (κ1) is 40.7. The Morgan fingerprint density at radius 2 is 1.46 bits per heavy atom. The van der Waals surface area contributed by atoms with Crippen LogP contribution in [0.25, 0.3) is 0 Å². The number of nitrogens with one attached hydrogen (secondary N) is 6. The minimum atomic E-state index is -1.02. The smallest absolute Gasteiger partial charge is 0.407 e. The highest BCUT2D eigenvalue weighted by Crippen LogP contribution is 2.13. The highest BCUT2D eigenvalue weighted by Gasteiger charge is 2.29. The number of hydrogen-bond donors (Lipinski definition) is 7. The molecule has 1 heterocycles. The van der Waals surface area contributed by atoms with E-state index < -0.39 is 36.0 Å². The zero-order valence-electron chi connectivity index (χ0n) is 28.7. The van der Waals surface area contributed by atoms with Crippen LogP contribution in [0.1, 0.15) is 64.9 Å². The molecule has 1 aliphatic heterocycles. The molecule has 2 atom stereocenters. The van der Waals surface area contributed by atoms with E-state index in [9.17, 15) is 38.4 Å². The van der Waals surface area contributed by atoms with Gasteiger partial charge in [-0.2, -0.15) is 0 Å². The summed E-state index contributed by atoms with van der Waals surface area (Å²) in [5.74, 6) is -2.67. The fraction of sp³-hybridized carbons (Fsp3) is 0.515. The average molecular weight is 701 g/mol. The van der Waals surface area contributed by atoms with E-state index in [1.54, 1.807) is 38.1 Å². The second kappa shape index (κ2) is 21.5. The van der Waals surface area contributed by atoms with E-state index in [0.717, 1.165) is 4.90 Å². The summed E-state index contributed by atoms with van der Waals surface area (Å²) < 4.78 is 5.15. The van der Waals surface area contributed by atoms with Crippen molar-refractivity contribution in [2.24, 2.45) is 11.7 Å². The number of hydrogen-bond acceptors (Lipinski definition) is 9. The van der Waals surface area contributed by atoms with Gasteiger partial charge in [0, 0.05) is 57.4 Å². The van der Waals surface area contributed by atoms with Gasteiger partial charge in [0.15, 0.2) is 0 Å². The van der Waals surface area contributed by atoms with Gasteiger partial charge in [0.2, 0.25) is 23.6 Å². The number of alkyl carbamates (subject to hydrolysis) is 1. The zero-order chi connectivity index (χ0) is 37.1. The fourth-order valence-electron chi connectivity index (χ4n) is 4.73. The molecule has 274 valence electrons. The van der Waals surface area contributed by atoms with Gasteiger partial charge in [-0.1, -0.05) is 32.4 Å². The van der Waals surface area contributed by atoms with Crippen molar-refractivity contribution in [3.05, 3.63) is 42.0 Å². The molecule has 1 aromatic rings. The van der Waals surface area contributed by atoms with Crippen molar-refractivity contribution in [1.82, 2.24) is 31.5 Å². The van der Waals surface area contributed by atoms with Crippen molar-refractivity contribution in [3.63, 3.8) is 0 Å². The summed E-state index contributed by atoms with van der Waals surface area (Å²) in [5, 5.41) is 15.7. The maximum atomic E-state index is 13.4. The lowest BCUT2D eigenvalue weighted by atomic mass is 10.0. The Balaban J connectivity index is 1.91. The lowest BCUT2D eigenvalue weighted by Gasteiger charge is -2.25. The van der Waals surface area contributed by atoms with Crippen LogP contribution in [0, 0.1) is 5.92 Å². The molecule has 17 heteroatoms. The maximum absolute atomic E-state index is 13.4. The number of unbranched alkanes of at least 4 members (excludes halogenated alkanes) is 2. The number of amides is 9. The third-order valence-electron chi connectivity index (χ3n) is 7.41. The van der Waals surface area contributed by atoms with Crippen molar-refractivity contribution < 1.29 is 43.1 Å². The summed E-state index contributed by atoms with van der Waals surface area (Å²) in [7, 11) is 0. The Hall–Kier alpha value is -5.48. The molecule has 8 N–H and O–H groups in total. The van der Waals surface area contributed by atoms with Crippen LogP contribution in [0.2, 0.25) is 0 Å². The average Bonchev–Trinajstić information content (AvgIpc) is 3.38. The van der Waals surface area contributed by atoms with Gasteiger partial charge in [-0.15, -0.1) is 0 Å². The highest BCUT2D eigenvalue weighted by atomic mass is 16.5. The van der Waals surface area contributed by atoms with E-state index in [1.807, 2.05) is 0 Å². The molecule has 2 rings (SSSR count). The van der Waals surface area contributed by atoms with E-state index >= 15 is 0 Å². The Bertz CT molecular complexity index is 1380. The zero-order valence-corrected chi connectivity index (χ0v) is 28.7. The molecule has 50 heavy (non-hydrogen) atoms. The van der Waals surface area contributed by atoms with Crippen molar-refractivity contribution in [3.8, 4) is 0 Å². The molecule has 0 bridgehead atoms. The summed E-state index contributed by atoms with van der Waals surface area (Å²) >= 11 is 0. The fourth-order valence-corrected chi connectivity index (χ4v) is 4.73. The van der Waals surface area contributed by atoms with Crippen LogP contribution in [0.4, 0.5) is 15.3 Å². The number of urea groups is 1. The topological polar surface area (TPSA) is 247 Å². The van der Waals surface area contributed by atoms with Gasteiger partial charge < -0.3 is 42.4 Å². The second-order valence-electron chi connectivity index (χ2n) is 11.9. The van der Waals surface area contributed by atoms with Gasteiger partial charge in [-0.25, -0.2) is 9.59 Å². The van der Waals surface area contributed by atoms with Gasteiger partial charge >= 0.3 is 12.1 Å². The SMILES string of the molecule is CC(=O)NCCNC(=O)OCc1ccc(NC(=O)C(CCCNC(N)=O)NC(=O)C(NC(=O)CCCCCN2C(=O)C=CC2=O)C(C)C)cc1. The molecule has 0 aromatic heterocycles. The van der Waals surface area contributed by atoms with Crippen molar-refractivity contribution >= 4 is 53.3 Å². The quantitative estimate of drug-likeness (QED) is 0.0698. The summed E-state index contributed by atoms with van der Waals surface area (Å²) in [4.78, 5) is 97.7. The van der Waals surface area contributed by atoms with Crippen LogP contribution in [0.3, 0.4) is 0 Å². The molecule has 1 aliphatic rings. The van der Waals surface area contributed by atoms with Gasteiger partial charge in [0.05, 0.1) is 0 Å². The number of nitrogens with zero attached hydrogens (tertiary/aromatic N) is 1. The van der Waals surface area contributed by atoms with E-state index in [2.05, 4.69) is 31.9 Å². The molecule has 1 aromatic carbocycles. The van der Waals surface area contributed by atoms with E-state index in [-0.39, 0.29) is 75.2 Å². The second-order valence-corrected chi connectivity index (χ2v) is 11.9. The molecular weight excluding hydrogens is 652 g/mol. The predicted molar refractivity (Wildman–Crippen MR) is 182 cm³/mol. The molecule has 0 radical (unpaired) electrons. The van der Waals surface area contributed by atoms with E-state index in [1.165, 1.54) is 19.1 Å².